The van der Waals surface area contributed by atoms with E-state index in [1.807, 2.05) is 0 Å². The van der Waals surface area contributed by atoms with Crippen molar-refractivity contribution in [3.05, 3.63) is 0 Å². The van der Waals surface area contributed by atoms with Gasteiger partial charge in [-0.1, -0.05) is 0 Å². The normalized spacial score (nSPS) is 38.0. The lowest BCUT2D eigenvalue weighted by Crippen LogP contribution is -2.56. The van der Waals surface area contributed by atoms with Gasteiger partial charge in [0.05, 0.1) is 19.3 Å². The third-order valence-electron chi connectivity index (χ3n) is 3.39. The molecule has 5 nitrogen and oxygen atoms in total. The predicted octanol–water partition coefficient (Wildman–Crippen LogP) is 0.986. The Morgan fingerprint density at radius 3 is 2.88 bits per heavy atom. The first-order chi connectivity index (χ1) is 8.16. The quantitative estimate of drug-likeness (QED) is 0.734. The maximum absolute atomic E-state index is 11.1. The van der Waals surface area contributed by atoms with Crippen molar-refractivity contribution in [2.45, 2.75) is 57.0 Å². The van der Waals surface area contributed by atoms with E-state index >= 15 is 0 Å². The fourth-order valence-electron chi connectivity index (χ4n) is 2.59. The molecule has 2 aliphatic rings. The monoisotopic (exact) mass is 244 g/mol. The molecule has 2 aliphatic heterocycles. The molecule has 0 bridgehead atoms. The SMILES string of the molecule is CC(=O)OC1CCC(CO)OC12CCCCO2. The van der Waals surface area contributed by atoms with Gasteiger partial charge in [-0.05, 0) is 25.7 Å². The Morgan fingerprint density at radius 1 is 1.47 bits per heavy atom. The highest BCUT2D eigenvalue weighted by molar-refractivity contribution is 5.66. The third kappa shape index (κ3) is 2.78. The number of esters is 1. The Kier molecular flexibility index (Phi) is 4.01. The summed E-state index contributed by atoms with van der Waals surface area (Å²) in [5.74, 6) is -1.13. The summed E-state index contributed by atoms with van der Waals surface area (Å²) in [6, 6.07) is 0. The molecule has 2 fully saturated rings. The minimum atomic E-state index is -0.824. The molecule has 5 heteroatoms. The molecule has 3 unspecified atom stereocenters. The van der Waals surface area contributed by atoms with Crippen LogP contribution in [0.1, 0.15) is 39.0 Å². The zero-order chi connectivity index (χ0) is 12.3. The lowest BCUT2D eigenvalue weighted by molar-refractivity contribution is -0.338. The smallest absolute Gasteiger partial charge is 0.303 e. The van der Waals surface area contributed by atoms with Gasteiger partial charge in [0.25, 0.3) is 0 Å². The van der Waals surface area contributed by atoms with Crippen LogP contribution >= 0.6 is 0 Å². The maximum Gasteiger partial charge on any atom is 0.303 e. The molecular weight excluding hydrogens is 224 g/mol. The van der Waals surface area contributed by atoms with Crippen LogP contribution < -0.4 is 0 Å². The second-order valence-electron chi connectivity index (χ2n) is 4.72. The van der Waals surface area contributed by atoms with Crippen molar-refractivity contribution in [3.63, 3.8) is 0 Å². The topological polar surface area (TPSA) is 65.0 Å². The summed E-state index contributed by atoms with van der Waals surface area (Å²) in [7, 11) is 0. The minimum Gasteiger partial charge on any atom is -0.457 e. The van der Waals surface area contributed by atoms with E-state index in [0.717, 1.165) is 19.3 Å². The Morgan fingerprint density at radius 2 is 2.29 bits per heavy atom. The molecule has 0 aromatic rings. The number of rotatable bonds is 2. The second kappa shape index (κ2) is 5.33. The van der Waals surface area contributed by atoms with Gasteiger partial charge in [-0.15, -0.1) is 0 Å². The van der Waals surface area contributed by atoms with E-state index in [4.69, 9.17) is 14.2 Å². The van der Waals surface area contributed by atoms with Gasteiger partial charge in [-0.3, -0.25) is 4.79 Å². The van der Waals surface area contributed by atoms with Gasteiger partial charge in [-0.2, -0.15) is 0 Å². The molecular formula is C12H20O5. The molecule has 98 valence electrons. The zero-order valence-corrected chi connectivity index (χ0v) is 10.2. The fraction of sp³-hybridized carbons (Fsp3) is 0.917. The van der Waals surface area contributed by atoms with Crippen molar-refractivity contribution in [1.29, 1.82) is 0 Å². The second-order valence-corrected chi connectivity index (χ2v) is 4.72. The first-order valence-electron chi connectivity index (χ1n) is 6.26. The Labute approximate surface area is 101 Å². The van der Waals surface area contributed by atoms with E-state index < -0.39 is 5.79 Å². The fourth-order valence-corrected chi connectivity index (χ4v) is 2.59. The summed E-state index contributed by atoms with van der Waals surface area (Å²) in [5.41, 5.74) is 0. The van der Waals surface area contributed by atoms with Gasteiger partial charge >= 0.3 is 5.97 Å². The average molecular weight is 244 g/mol. The maximum atomic E-state index is 11.1. The Balaban J connectivity index is 2.10. The van der Waals surface area contributed by atoms with E-state index in [2.05, 4.69) is 0 Å². The molecule has 0 aromatic heterocycles. The molecule has 17 heavy (non-hydrogen) atoms. The average Bonchev–Trinajstić information content (AvgIpc) is 2.32. The number of hydrogen-bond donors (Lipinski definition) is 1. The van der Waals surface area contributed by atoms with Gasteiger partial charge in [0, 0.05) is 13.3 Å². The van der Waals surface area contributed by atoms with Crippen LogP contribution in [0.2, 0.25) is 0 Å². The van der Waals surface area contributed by atoms with Gasteiger partial charge < -0.3 is 19.3 Å². The minimum absolute atomic E-state index is 0.0160. The van der Waals surface area contributed by atoms with Crippen LogP contribution in [0.15, 0.2) is 0 Å². The van der Waals surface area contributed by atoms with E-state index in [9.17, 15) is 9.90 Å². The highest BCUT2D eigenvalue weighted by Gasteiger charge is 2.49. The summed E-state index contributed by atoms with van der Waals surface area (Å²) in [5, 5.41) is 9.18. The van der Waals surface area contributed by atoms with Gasteiger partial charge in [-0.25, -0.2) is 0 Å². The third-order valence-corrected chi connectivity index (χ3v) is 3.39. The van der Waals surface area contributed by atoms with Gasteiger partial charge in [0.1, 0.15) is 0 Å². The first-order valence-corrected chi connectivity index (χ1v) is 6.26. The van der Waals surface area contributed by atoms with Crippen molar-refractivity contribution in [2.24, 2.45) is 0 Å². The molecule has 3 atom stereocenters. The Hall–Kier alpha value is -0.650. The van der Waals surface area contributed by atoms with Crippen molar-refractivity contribution in [2.75, 3.05) is 13.2 Å². The van der Waals surface area contributed by atoms with Crippen molar-refractivity contribution in [1.82, 2.24) is 0 Å². The van der Waals surface area contributed by atoms with Crippen LogP contribution in [-0.2, 0) is 19.0 Å². The largest absolute Gasteiger partial charge is 0.457 e. The predicted molar refractivity (Wildman–Crippen MR) is 59.3 cm³/mol. The molecule has 0 aromatic carbocycles. The van der Waals surface area contributed by atoms with Crippen LogP contribution in [0, 0.1) is 0 Å². The van der Waals surface area contributed by atoms with Crippen LogP contribution in [0.5, 0.6) is 0 Å². The van der Waals surface area contributed by atoms with Crippen LogP contribution in [0.25, 0.3) is 0 Å². The summed E-state index contributed by atoms with van der Waals surface area (Å²) >= 11 is 0. The summed E-state index contributed by atoms with van der Waals surface area (Å²) in [6.07, 6.45) is 3.55. The summed E-state index contributed by atoms with van der Waals surface area (Å²) < 4.78 is 16.9. The summed E-state index contributed by atoms with van der Waals surface area (Å²) in [6.45, 7) is 2.00. The Bertz CT molecular complexity index is 272. The van der Waals surface area contributed by atoms with E-state index in [1.165, 1.54) is 6.92 Å². The molecule has 0 aliphatic carbocycles. The highest BCUT2D eigenvalue weighted by Crippen LogP contribution is 2.38. The van der Waals surface area contributed by atoms with E-state index in [0.29, 0.717) is 19.4 Å². The standard InChI is InChI=1S/C12H20O5/c1-9(14)16-11-5-4-10(8-13)17-12(11)6-2-3-7-15-12/h10-11,13H,2-8H2,1H3. The number of ether oxygens (including phenoxy) is 3. The molecule has 2 saturated heterocycles. The number of hydrogen-bond acceptors (Lipinski definition) is 5. The van der Waals surface area contributed by atoms with Crippen LogP contribution in [0.4, 0.5) is 0 Å². The molecule has 1 N–H and O–H groups in total. The van der Waals surface area contributed by atoms with Gasteiger partial charge in [0.2, 0.25) is 5.79 Å². The molecule has 1 spiro atoms. The van der Waals surface area contributed by atoms with E-state index in [-0.39, 0.29) is 24.8 Å². The number of carbonyl (C=O) groups is 1. The van der Waals surface area contributed by atoms with Crippen molar-refractivity contribution < 1.29 is 24.1 Å². The lowest BCUT2D eigenvalue weighted by Gasteiger charge is -2.47. The molecule has 2 rings (SSSR count). The molecule has 2 heterocycles. The number of carbonyl (C=O) groups excluding carboxylic acids is 1. The van der Waals surface area contributed by atoms with Crippen LogP contribution in [-0.4, -0.2) is 42.3 Å². The number of aliphatic hydroxyl groups is 1. The lowest BCUT2D eigenvalue weighted by atomic mass is 9.92. The number of aliphatic hydroxyl groups excluding tert-OH is 1. The van der Waals surface area contributed by atoms with Gasteiger partial charge in [0.15, 0.2) is 6.10 Å². The van der Waals surface area contributed by atoms with Crippen LogP contribution in [0.3, 0.4) is 0 Å². The molecule has 0 radical (unpaired) electrons. The zero-order valence-electron chi connectivity index (χ0n) is 10.2. The summed E-state index contributed by atoms with van der Waals surface area (Å²) in [4.78, 5) is 11.1. The van der Waals surface area contributed by atoms with Crippen molar-refractivity contribution in [3.8, 4) is 0 Å². The van der Waals surface area contributed by atoms with E-state index in [1.54, 1.807) is 0 Å². The molecule has 0 saturated carbocycles. The molecule has 0 amide bonds. The van der Waals surface area contributed by atoms with Crippen molar-refractivity contribution >= 4 is 5.97 Å². The first kappa shape index (κ1) is 12.8. The highest BCUT2D eigenvalue weighted by atomic mass is 16.7.